The van der Waals surface area contributed by atoms with Crippen molar-refractivity contribution in [2.75, 3.05) is 31.1 Å². The largest absolute Gasteiger partial charge is 0.395 e. The summed E-state index contributed by atoms with van der Waals surface area (Å²) in [6.07, 6.45) is 0. The van der Waals surface area contributed by atoms with Gasteiger partial charge in [0, 0.05) is 30.4 Å². The minimum absolute atomic E-state index is 0.0257. The Bertz CT molecular complexity index is 812. The Labute approximate surface area is 159 Å². The third kappa shape index (κ3) is 4.03. The van der Waals surface area contributed by atoms with Gasteiger partial charge in [-0.1, -0.05) is 30.3 Å². The van der Waals surface area contributed by atoms with Gasteiger partial charge in [-0.25, -0.2) is 4.39 Å². The third-order valence-corrected chi connectivity index (χ3v) is 5.01. The first-order valence-electron chi connectivity index (χ1n) is 9.33. The Morgan fingerprint density at radius 1 is 1.30 bits per heavy atom. The minimum atomic E-state index is -0.410. The molecule has 1 aliphatic heterocycles. The molecule has 2 aromatic carbocycles. The van der Waals surface area contributed by atoms with E-state index in [0.717, 1.165) is 16.8 Å². The van der Waals surface area contributed by atoms with E-state index in [-0.39, 0.29) is 30.9 Å². The summed E-state index contributed by atoms with van der Waals surface area (Å²) in [6.45, 7) is 5.21. The van der Waals surface area contributed by atoms with Crippen LogP contribution in [0.1, 0.15) is 42.6 Å². The van der Waals surface area contributed by atoms with E-state index in [9.17, 15) is 9.18 Å². The maximum atomic E-state index is 14.5. The van der Waals surface area contributed by atoms with Crippen molar-refractivity contribution in [1.29, 1.82) is 0 Å². The number of carbonyl (C=O) groups is 1. The molecule has 6 heteroatoms. The standard InChI is InChI=1S/C21H26FN3O2/c1-3-25-19-9-8-15(14(2)23-10-11-26)12-17(19)21(24-13-20(25)27)16-6-4-5-7-18(16)22/h4-9,12,14,21,23-24,26H,3,10-11,13H2,1-2H3. The first-order valence-corrected chi connectivity index (χ1v) is 9.33. The molecular formula is C21H26FN3O2. The molecule has 5 nitrogen and oxygen atoms in total. The molecule has 0 radical (unpaired) electrons. The van der Waals surface area contributed by atoms with Crippen LogP contribution < -0.4 is 15.5 Å². The molecule has 0 aromatic heterocycles. The third-order valence-electron chi connectivity index (χ3n) is 5.01. The highest BCUT2D eigenvalue weighted by Crippen LogP contribution is 2.35. The smallest absolute Gasteiger partial charge is 0.240 e. The van der Waals surface area contributed by atoms with Crippen molar-refractivity contribution in [3.63, 3.8) is 0 Å². The summed E-state index contributed by atoms with van der Waals surface area (Å²) in [5.74, 6) is -0.327. The topological polar surface area (TPSA) is 64.6 Å². The molecule has 1 aliphatic rings. The van der Waals surface area contributed by atoms with Crippen LogP contribution in [-0.4, -0.2) is 37.3 Å². The van der Waals surface area contributed by atoms with Crippen LogP contribution in [0.15, 0.2) is 42.5 Å². The number of hydrogen-bond acceptors (Lipinski definition) is 4. The molecule has 27 heavy (non-hydrogen) atoms. The molecule has 0 fully saturated rings. The molecule has 0 spiro atoms. The molecule has 144 valence electrons. The van der Waals surface area contributed by atoms with Gasteiger partial charge in [0.25, 0.3) is 0 Å². The highest BCUT2D eigenvalue weighted by Gasteiger charge is 2.29. The first-order chi connectivity index (χ1) is 13.1. The van der Waals surface area contributed by atoms with E-state index >= 15 is 0 Å². The van der Waals surface area contributed by atoms with Crippen LogP contribution >= 0.6 is 0 Å². The van der Waals surface area contributed by atoms with Crippen LogP contribution in [0.4, 0.5) is 10.1 Å². The molecule has 2 atom stereocenters. The number of nitrogens with one attached hydrogen (secondary N) is 2. The van der Waals surface area contributed by atoms with Gasteiger partial charge >= 0.3 is 0 Å². The average molecular weight is 371 g/mol. The maximum absolute atomic E-state index is 14.5. The number of halogens is 1. The van der Waals surface area contributed by atoms with Crippen LogP contribution in [-0.2, 0) is 4.79 Å². The predicted molar refractivity (Wildman–Crippen MR) is 104 cm³/mol. The summed E-state index contributed by atoms with van der Waals surface area (Å²) in [4.78, 5) is 14.3. The maximum Gasteiger partial charge on any atom is 0.240 e. The number of rotatable bonds is 6. The lowest BCUT2D eigenvalue weighted by Gasteiger charge is -2.25. The lowest BCUT2D eigenvalue weighted by atomic mass is 9.93. The van der Waals surface area contributed by atoms with Crippen LogP contribution in [0.25, 0.3) is 0 Å². The monoisotopic (exact) mass is 371 g/mol. The Kier molecular flexibility index (Phi) is 6.21. The number of amides is 1. The molecule has 0 saturated heterocycles. The second-order valence-electron chi connectivity index (χ2n) is 6.69. The summed E-state index contributed by atoms with van der Waals surface area (Å²) < 4.78 is 14.5. The van der Waals surface area contributed by atoms with Crippen LogP contribution in [0.5, 0.6) is 0 Å². The molecule has 0 bridgehead atoms. The molecule has 3 rings (SSSR count). The number of carbonyl (C=O) groups excluding carboxylic acids is 1. The summed E-state index contributed by atoms with van der Waals surface area (Å²) in [7, 11) is 0. The van der Waals surface area contributed by atoms with Crippen molar-refractivity contribution in [3.05, 3.63) is 65.0 Å². The van der Waals surface area contributed by atoms with Gasteiger partial charge in [0.05, 0.1) is 19.2 Å². The first kappa shape index (κ1) is 19.5. The van der Waals surface area contributed by atoms with Crippen LogP contribution in [0.2, 0.25) is 0 Å². The van der Waals surface area contributed by atoms with Crippen molar-refractivity contribution in [1.82, 2.24) is 10.6 Å². The fourth-order valence-corrected chi connectivity index (χ4v) is 3.58. The van der Waals surface area contributed by atoms with E-state index in [0.29, 0.717) is 18.7 Å². The van der Waals surface area contributed by atoms with Crippen LogP contribution in [0, 0.1) is 5.82 Å². The highest BCUT2D eigenvalue weighted by atomic mass is 19.1. The number of nitrogens with zero attached hydrogens (tertiary/aromatic N) is 1. The van der Waals surface area contributed by atoms with Gasteiger partial charge in [0.1, 0.15) is 5.82 Å². The van der Waals surface area contributed by atoms with Crippen molar-refractivity contribution < 1.29 is 14.3 Å². The van der Waals surface area contributed by atoms with Gasteiger partial charge in [-0.3, -0.25) is 10.1 Å². The predicted octanol–water partition coefficient (Wildman–Crippen LogP) is 2.51. The summed E-state index contributed by atoms with van der Waals surface area (Å²) in [5.41, 5.74) is 3.23. The number of anilines is 1. The molecule has 0 aliphatic carbocycles. The Hall–Kier alpha value is -2.28. The minimum Gasteiger partial charge on any atom is -0.395 e. The number of hydrogen-bond donors (Lipinski definition) is 3. The van der Waals surface area contributed by atoms with E-state index in [4.69, 9.17) is 5.11 Å². The van der Waals surface area contributed by atoms with Crippen molar-refractivity contribution >= 4 is 11.6 Å². The molecule has 1 heterocycles. The van der Waals surface area contributed by atoms with E-state index < -0.39 is 6.04 Å². The number of fused-ring (bicyclic) bond motifs is 1. The van der Waals surface area contributed by atoms with Gasteiger partial charge in [0.2, 0.25) is 5.91 Å². The van der Waals surface area contributed by atoms with Gasteiger partial charge in [0.15, 0.2) is 0 Å². The zero-order chi connectivity index (χ0) is 19.4. The van der Waals surface area contributed by atoms with Gasteiger partial charge in [-0.05, 0) is 37.1 Å². The molecule has 2 unspecified atom stereocenters. The van der Waals surface area contributed by atoms with Gasteiger partial charge < -0.3 is 15.3 Å². The SMILES string of the molecule is CCN1C(=O)CNC(c2ccccc2F)c2cc(C(C)NCCO)ccc21. The normalized spacial score (nSPS) is 18.1. The molecule has 3 N–H and O–H groups in total. The molecule has 2 aromatic rings. The Morgan fingerprint density at radius 3 is 2.78 bits per heavy atom. The quantitative estimate of drug-likeness (QED) is 0.730. The second kappa shape index (κ2) is 8.61. The van der Waals surface area contributed by atoms with Crippen molar-refractivity contribution in [2.45, 2.75) is 25.9 Å². The van der Waals surface area contributed by atoms with Crippen LogP contribution in [0.3, 0.4) is 0 Å². The van der Waals surface area contributed by atoms with Crippen molar-refractivity contribution in [3.8, 4) is 0 Å². The fourth-order valence-electron chi connectivity index (χ4n) is 3.58. The number of aliphatic hydroxyl groups is 1. The lowest BCUT2D eigenvalue weighted by Crippen LogP contribution is -2.36. The fraction of sp³-hybridized carbons (Fsp3) is 0.381. The van der Waals surface area contributed by atoms with Crippen molar-refractivity contribution in [2.24, 2.45) is 0 Å². The van der Waals surface area contributed by atoms with E-state index in [1.165, 1.54) is 6.07 Å². The van der Waals surface area contributed by atoms with Gasteiger partial charge in [-0.2, -0.15) is 0 Å². The highest BCUT2D eigenvalue weighted by molar-refractivity contribution is 5.96. The average Bonchev–Trinajstić information content (AvgIpc) is 2.82. The Morgan fingerprint density at radius 2 is 2.07 bits per heavy atom. The molecule has 0 saturated carbocycles. The number of aliphatic hydroxyl groups excluding tert-OH is 1. The number of likely N-dealkylation sites (N-methyl/N-ethyl adjacent to an activating group) is 1. The zero-order valence-corrected chi connectivity index (χ0v) is 15.7. The second-order valence-corrected chi connectivity index (χ2v) is 6.69. The van der Waals surface area contributed by atoms with E-state index in [2.05, 4.69) is 10.6 Å². The van der Waals surface area contributed by atoms with E-state index in [1.807, 2.05) is 32.0 Å². The molecule has 1 amide bonds. The number of benzene rings is 2. The Balaban J connectivity index is 2.10. The lowest BCUT2D eigenvalue weighted by molar-refractivity contribution is -0.117. The summed E-state index contributed by atoms with van der Waals surface area (Å²) >= 11 is 0. The van der Waals surface area contributed by atoms with E-state index in [1.54, 1.807) is 23.1 Å². The molecular weight excluding hydrogens is 345 g/mol. The summed E-state index contributed by atoms with van der Waals surface area (Å²) in [5, 5.41) is 15.5. The van der Waals surface area contributed by atoms with Gasteiger partial charge in [-0.15, -0.1) is 0 Å². The zero-order valence-electron chi connectivity index (χ0n) is 15.7. The summed E-state index contributed by atoms with van der Waals surface area (Å²) in [6, 6.07) is 12.2.